The first-order valence-electron chi connectivity index (χ1n) is 7.48. The summed E-state index contributed by atoms with van der Waals surface area (Å²) in [7, 11) is 1.71. The molecule has 0 spiro atoms. The number of ketones is 1. The molecule has 1 saturated carbocycles. The molecule has 1 aromatic rings. The minimum absolute atomic E-state index is 0.0142. The van der Waals surface area contributed by atoms with E-state index in [1.54, 1.807) is 7.11 Å². The van der Waals surface area contributed by atoms with Gasteiger partial charge in [-0.2, -0.15) is 4.98 Å². The highest BCUT2D eigenvalue weighted by molar-refractivity contribution is 5.81. The first kappa shape index (κ1) is 15.2. The molecule has 0 unspecified atom stereocenters. The van der Waals surface area contributed by atoms with E-state index in [0.717, 1.165) is 25.7 Å². The summed E-state index contributed by atoms with van der Waals surface area (Å²) >= 11 is 0. The van der Waals surface area contributed by atoms with Crippen LogP contribution in [0.4, 0.5) is 0 Å². The molecule has 1 aromatic heterocycles. The molecule has 112 valence electrons. The lowest BCUT2D eigenvalue weighted by Gasteiger charge is -2.27. The van der Waals surface area contributed by atoms with Crippen molar-refractivity contribution in [1.82, 2.24) is 10.1 Å². The van der Waals surface area contributed by atoms with Crippen molar-refractivity contribution in [3.8, 4) is 0 Å². The second-order valence-electron chi connectivity index (χ2n) is 5.92. The Balaban J connectivity index is 2.15. The van der Waals surface area contributed by atoms with Gasteiger partial charge in [0.05, 0.1) is 6.42 Å². The van der Waals surface area contributed by atoms with E-state index in [0.29, 0.717) is 11.7 Å². The van der Waals surface area contributed by atoms with Gasteiger partial charge in [-0.1, -0.05) is 44.7 Å². The molecule has 0 N–H and O–H groups in total. The molecule has 5 heteroatoms. The molecular formula is C15H24N2O3. The van der Waals surface area contributed by atoms with Crippen LogP contribution in [0.15, 0.2) is 4.52 Å². The Bertz CT molecular complexity index is 446. The normalized spacial score (nSPS) is 19.0. The summed E-state index contributed by atoms with van der Waals surface area (Å²) in [6.07, 6.45) is 6.72. The van der Waals surface area contributed by atoms with Gasteiger partial charge >= 0.3 is 0 Å². The van der Waals surface area contributed by atoms with Crippen molar-refractivity contribution in [2.75, 3.05) is 7.11 Å². The van der Waals surface area contributed by atoms with Crippen LogP contribution in [-0.4, -0.2) is 23.0 Å². The van der Waals surface area contributed by atoms with E-state index in [1.165, 1.54) is 12.8 Å². The maximum atomic E-state index is 11.7. The second kappa shape index (κ2) is 6.48. The van der Waals surface area contributed by atoms with Crippen LogP contribution in [0.1, 0.15) is 64.1 Å². The largest absolute Gasteiger partial charge is 0.370 e. The van der Waals surface area contributed by atoms with Gasteiger partial charge in [0.15, 0.2) is 0 Å². The quantitative estimate of drug-likeness (QED) is 0.776. The summed E-state index contributed by atoms with van der Waals surface area (Å²) in [5.41, 5.74) is -0.431. The average molecular weight is 280 g/mol. The Morgan fingerprint density at radius 2 is 1.95 bits per heavy atom. The van der Waals surface area contributed by atoms with Crippen LogP contribution in [0.5, 0.6) is 0 Å². The number of aromatic nitrogens is 2. The van der Waals surface area contributed by atoms with Gasteiger partial charge in [-0.3, -0.25) is 4.79 Å². The lowest BCUT2D eigenvalue weighted by molar-refractivity contribution is -0.121. The Hall–Kier alpha value is -1.23. The summed E-state index contributed by atoms with van der Waals surface area (Å²) in [5.74, 6) is 1.11. The van der Waals surface area contributed by atoms with Crippen molar-refractivity contribution in [3.63, 3.8) is 0 Å². The molecule has 20 heavy (non-hydrogen) atoms. The van der Waals surface area contributed by atoms with Crippen LogP contribution in [0.2, 0.25) is 0 Å². The molecular weight excluding hydrogens is 256 g/mol. The fraction of sp³-hybridized carbons (Fsp3) is 0.800. The second-order valence-corrected chi connectivity index (χ2v) is 5.92. The van der Waals surface area contributed by atoms with Crippen LogP contribution in [-0.2, 0) is 21.6 Å². The molecule has 0 bridgehead atoms. The number of rotatable bonds is 5. The van der Waals surface area contributed by atoms with Crippen molar-refractivity contribution in [2.24, 2.45) is 5.92 Å². The Kier molecular flexibility index (Phi) is 4.91. The maximum absolute atomic E-state index is 11.7. The predicted molar refractivity (Wildman–Crippen MR) is 74.2 cm³/mol. The van der Waals surface area contributed by atoms with E-state index in [-0.39, 0.29) is 18.1 Å². The smallest absolute Gasteiger partial charge is 0.234 e. The fourth-order valence-corrected chi connectivity index (χ4v) is 2.68. The molecule has 0 aliphatic heterocycles. The third-order valence-electron chi connectivity index (χ3n) is 4.15. The fourth-order valence-electron chi connectivity index (χ4n) is 2.68. The number of hydrogen-bond donors (Lipinski definition) is 0. The number of carbonyl (C=O) groups excluding carboxylic acids is 1. The van der Waals surface area contributed by atoms with Gasteiger partial charge in [0, 0.05) is 13.0 Å². The van der Waals surface area contributed by atoms with E-state index in [1.807, 2.05) is 13.8 Å². The standard InChI is InChI=1S/C15H24N2O3/c1-11(2)12(18)10-13-16-14(17-20-13)15(19-3)8-6-4-5-7-9-15/h11H,4-10H2,1-3H3. The molecule has 0 amide bonds. The summed E-state index contributed by atoms with van der Waals surface area (Å²) in [6.45, 7) is 3.75. The first-order valence-corrected chi connectivity index (χ1v) is 7.48. The summed E-state index contributed by atoms with van der Waals surface area (Å²) < 4.78 is 11.0. The van der Waals surface area contributed by atoms with Gasteiger partial charge in [0.25, 0.3) is 0 Å². The highest BCUT2D eigenvalue weighted by atomic mass is 16.5. The van der Waals surface area contributed by atoms with E-state index >= 15 is 0 Å². The van der Waals surface area contributed by atoms with Crippen LogP contribution in [0, 0.1) is 5.92 Å². The van der Waals surface area contributed by atoms with Gasteiger partial charge in [0.2, 0.25) is 11.7 Å². The number of nitrogens with zero attached hydrogens (tertiary/aromatic N) is 2. The molecule has 2 rings (SSSR count). The van der Waals surface area contributed by atoms with Crippen molar-refractivity contribution in [3.05, 3.63) is 11.7 Å². The molecule has 5 nitrogen and oxygen atoms in total. The zero-order chi connectivity index (χ0) is 14.6. The highest BCUT2D eigenvalue weighted by Crippen LogP contribution is 2.37. The van der Waals surface area contributed by atoms with Crippen LogP contribution in [0.25, 0.3) is 0 Å². The molecule has 1 fully saturated rings. The number of hydrogen-bond acceptors (Lipinski definition) is 5. The van der Waals surface area contributed by atoms with Gasteiger partial charge in [-0.05, 0) is 12.8 Å². The minimum atomic E-state index is -0.431. The summed E-state index contributed by atoms with van der Waals surface area (Å²) in [6, 6.07) is 0. The van der Waals surface area contributed by atoms with Crippen LogP contribution >= 0.6 is 0 Å². The van der Waals surface area contributed by atoms with Crippen LogP contribution < -0.4 is 0 Å². The molecule has 0 atom stereocenters. The summed E-state index contributed by atoms with van der Waals surface area (Å²) in [4.78, 5) is 16.2. The van der Waals surface area contributed by atoms with E-state index in [2.05, 4.69) is 10.1 Å². The SMILES string of the molecule is COC1(c2noc(CC(=O)C(C)C)n2)CCCCCC1. The minimum Gasteiger partial charge on any atom is -0.370 e. The first-order chi connectivity index (χ1) is 9.57. The van der Waals surface area contributed by atoms with Crippen molar-refractivity contribution in [1.29, 1.82) is 0 Å². The topological polar surface area (TPSA) is 65.2 Å². The Morgan fingerprint density at radius 1 is 1.30 bits per heavy atom. The van der Waals surface area contributed by atoms with E-state index in [9.17, 15) is 4.79 Å². The zero-order valence-corrected chi connectivity index (χ0v) is 12.6. The zero-order valence-electron chi connectivity index (χ0n) is 12.6. The molecule has 1 aliphatic rings. The van der Waals surface area contributed by atoms with Crippen LogP contribution in [0.3, 0.4) is 0 Å². The lowest BCUT2D eigenvalue weighted by atomic mass is 9.93. The van der Waals surface area contributed by atoms with Gasteiger partial charge in [-0.25, -0.2) is 0 Å². The molecule has 0 radical (unpaired) electrons. The lowest BCUT2D eigenvalue weighted by Crippen LogP contribution is -2.29. The van der Waals surface area contributed by atoms with Crippen molar-refractivity contribution in [2.45, 2.75) is 64.4 Å². The molecule has 0 saturated heterocycles. The molecule has 0 aromatic carbocycles. The number of methoxy groups -OCH3 is 1. The summed E-state index contributed by atoms with van der Waals surface area (Å²) in [5, 5.41) is 4.07. The van der Waals surface area contributed by atoms with Crippen molar-refractivity contribution < 1.29 is 14.1 Å². The highest BCUT2D eigenvalue weighted by Gasteiger charge is 2.37. The molecule has 1 heterocycles. The van der Waals surface area contributed by atoms with E-state index in [4.69, 9.17) is 9.26 Å². The average Bonchev–Trinajstić information content (AvgIpc) is 2.76. The van der Waals surface area contributed by atoms with Gasteiger partial charge in [-0.15, -0.1) is 0 Å². The Morgan fingerprint density at radius 3 is 2.50 bits per heavy atom. The maximum Gasteiger partial charge on any atom is 0.234 e. The third kappa shape index (κ3) is 3.26. The Labute approximate surface area is 120 Å². The molecule has 1 aliphatic carbocycles. The predicted octanol–water partition coefficient (Wildman–Crippen LogP) is 3.03. The van der Waals surface area contributed by atoms with Gasteiger partial charge in [0.1, 0.15) is 11.4 Å². The van der Waals surface area contributed by atoms with Gasteiger partial charge < -0.3 is 9.26 Å². The number of Topliss-reactive ketones (excluding diaryl/α,β-unsaturated/α-hetero) is 1. The third-order valence-corrected chi connectivity index (χ3v) is 4.15. The number of carbonyl (C=O) groups is 1. The monoisotopic (exact) mass is 280 g/mol. The number of ether oxygens (including phenoxy) is 1. The van der Waals surface area contributed by atoms with E-state index < -0.39 is 5.60 Å². The van der Waals surface area contributed by atoms with Crippen molar-refractivity contribution >= 4 is 5.78 Å².